The number of aliphatic hydroxyl groups is 1. The molecule has 1 N–H and O–H groups in total. The van der Waals surface area contributed by atoms with Crippen molar-refractivity contribution in [1.82, 2.24) is 0 Å². The van der Waals surface area contributed by atoms with Crippen LogP contribution in [0.3, 0.4) is 0 Å². The van der Waals surface area contributed by atoms with Crippen LogP contribution in [0.5, 0.6) is 0 Å². The van der Waals surface area contributed by atoms with Gasteiger partial charge in [0, 0.05) is 0 Å². The summed E-state index contributed by atoms with van der Waals surface area (Å²) in [5.74, 6) is -0.372. The molecule has 0 aliphatic heterocycles. The van der Waals surface area contributed by atoms with E-state index < -0.39 is 24.5 Å². The second kappa shape index (κ2) is 13.9. The Balaban J connectivity index is 5.64. The number of hydrogen-bond donors (Lipinski definition) is 1. The van der Waals surface area contributed by atoms with Gasteiger partial charge in [-0.1, -0.05) is 0 Å². The molecule has 0 aromatic heterocycles. The van der Waals surface area contributed by atoms with E-state index in [0.717, 1.165) is 5.57 Å². The molecular formula is C21H40O3Sn. The summed E-state index contributed by atoms with van der Waals surface area (Å²) in [5, 5.41) is 10.3. The van der Waals surface area contributed by atoms with Gasteiger partial charge >= 0.3 is 160 Å². The minimum atomic E-state index is -2.50. The molecule has 0 radical (unpaired) electrons. The Morgan fingerprint density at radius 3 is 1.84 bits per heavy atom. The van der Waals surface area contributed by atoms with Gasteiger partial charge in [-0.25, -0.2) is 0 Å². The maximum atomic E-state index is 11.7. The Bertz CT molecular complexity index is 405. The van der Waals surface area contributed by atoms with Gasteiger partial charge in [-0.3, -0.25) is 0 Å². The van der Waals surface area contributed by atoms with Crippen LogP contribution in [0.25, 0.3) is 0 Å². The molecule has 1 unspecified atom stereocenters. The molecule has 0 fully saturated rings. The van der Waals surface area contributed by atoms with Crippen LogP contribution in [-0.4, -0.2) is 42.7 Å². The molecular weight excluding hydrogens is 419 g/mol. The molecule has 0 aromatic carbocycles. The van der Waals surface area contributed by atoms with Crippen LogP contribution in [0, 0.1) is 0 Å². The van der Waals surface area contributed by atoms with Crippen molar-refractivity contribution < 1.29 is 14.6 Å². The van der Waals surface area contributed by atoms with Crippen LogP contribution < -0.4 is 0 Å². The average molecular weight is 459 g/mol. The van der Waals surface area contributed by atoms with E-state index in [1.54, 1.807) is 0 Å². The number of hydrogen-bond acceptors (Lipinski definition) is 3. The van der Waals surface area contributed by atoms with Gasteiger partial charge in [0.05, 0.1) is 0 Å². The van der Waals surface area contributed by atoms with Crippen molar-refractivity contribution >= 4 is 24.3 Å². The Hall–Kier alpha value is -0.291. The number of methoxy groups -OCH3 is 1. The Kier molecular flexibility index (Phi) is 13.7. The predicted octanol–water partition coefficient (Wildman–Crippen LogP) is 5.80. The molecule has 0 spiro atoms. The van der Waals surface area contributed by atoms with Crippen LogP contribution in [0.15, 0.2) is 21.8 Å². The van der Waals surface area contributed by atoms with E-state index >= 15 is 0 Å². The fourth-order valence-corrected chi connectivity index (χ4v) is 19.0. The second-order valence-electron chi connectivity index (χ2n) is 7.34. The van der Waals surface area contributed by atoms with Gasteiger partial charge in [-0.2, -0.15) is 0 Å². The van der Waals surface area contributed by atoms with Gasteiger partial charge in [0.25, 0.3) is 0 Å². The van der Waals surface area contributed by atoms with Gasteiger partial charge in [0.1, 0.15) is 0 Å². The topological polar surface area (TPSA) is 46.5 Å². The predicted molar refractivity (Wildman–Crippen MR) is 110 cm³/mol. The molecule has 0 bridgehead atoms. The first kappa shape index (κ1) is 24.7. The molecule has 3 nitrogen and oxygen atoms in total. The van der Waals surface area contributed by atoms with Crippen molar-refractivity contribution in [2.75, 3.05) is 7.11 Å². The van der Waals surface area contributed by atoms with Gasteiger partial charge in [0.2, 0.25) is 0 Å². The first-order valence-electron chi connectivity index (χ1n) is 10.0. The van der Waals surface area contributed by atoms with Gasteiger partial charge < -0.3 is 0 Å². The molecule has 0 rings (SSSR count). The Morgan fingerprint density at radius 2 is 1.52 bits per heavy atom. The van der Waals surface area contributed by atoms with Crippen molar-refractivity contribution in [2.45, 2.75) is 92.1 Å². The summed E-state index contributed by atoms with van der Waals surface area (Å²) in [4.78, 5) is 11.7. The van der Waals surface area contributed by atoms with E-state index in [1.165, 1.54) is 58.9 Å². The number of carbonyl (C=O) groups excluding carboxylic acids is 1. The molecule has 4 heteroatoms. The van der Waals surface area contributed by atoms with Gasteiger partial charge in [-0.15, -0.1) is 0 Å². The number of rotatable bonds is 14. The summed E-state index contributed by atoms with van der Waals surface area (Å²) in [6.45, 7) is 12.4. The minimum absolute atomic E-state index is 0.372. The monoisotopic (exact) mass is 460 g/mol. The van der Waals surface area contributed by atoms with Crippen LogP contribution in [0.2, 0.25) is 13.3 Å². The molecule has 146 valence electrons. The molecule has 0 saturated carbocycles. The molecule has 0 heterocycles. The standard InChI is InChI=1S/C9H13O3.3C4H9.Sn/c1-6(8(3)10)5-7(2)9(11)12-4;3*1-3-4-2;/h1,8,10H,2,5H2,3-4H3;3*1,3-4H2,2H3;. The third kappa shape index (κ3) is 9.83. The molecule has 0 saturated heterocycles. The second-order valence-corrected chi connectivity index (χ2v) is 20.2. The van der Waals surface area contributed by atoms with Crippen LogP contribution in [0.4, 0.5) is 0 Å². The van der Waals surface area contributed by atoms with E-state index in [-0.39, 0.29) is 5.97 Å². The van der Waals surface area contributed by atoms with Crippen LogP contribution >= 0.6 is 0 Å². The number of esters is 1. The zero-order valence-corrected chi connectivity index (χ0v) is 20.1. The zero-order valence-electron chi connectivity index (χ0n) is 17.2. The van der Waals surface area contributed by atoms with Crippen molar-refractivity contribution in [1.29, 1.82) is 0 Å². The quantitative estimate of drug-likeness (QED) is 0.203. The number of carbonyl (C=O) groups is 1. The number of ether oxygens (including phenoxy) is 1. The number of unbranched alkanes of at least 4 members (excludes halogenated alkanes) is 3. The molecule has 0 aliphatic rings. The number of aliphatic hydroxyl groups excluding tert-OH is 1. The van der Waals surface area contributed by atoms with Crippen molar-refractivity contribution in [3.05, 3.63) is 21.8 Å². The van der Waals surface area contributed by atoms with Crippen LogP contribution in [-0.2, 0) is 9.53 Å². The Morgan fingerprint density at radius 1 is 1.08 bits per heavy atom. The summed E-state index contributed by atoms with van der Waals surface area (Å²) < 4.78 is 11.3. The normalized spacial score (nSPS) is 13.6. The Labute approximate surface area is 159 Å². The van der Waals surface area contributed by atoms with Crippen molar-refractivity contribution in [2.24, 2.45) is 0 Å². The van der Waals surface area contributed by atoms with Crippen molar-refractivity contribution in [3.63, 3.8) is 0 Å². The zero-order chi connectivity index (χ0) is 19.3. The SMILES string of the molecule is C=C(C/C(=[CH]/[Sn]([CH2]CCC)([CH2]CCC)[CH2]CCC)C(C)O)C(=O)OC. The molecule has 0 aliphatic carbocycles. The summed E-state index contributed by atoms with van der Waals surface area (Å²) >= 11 is -2.50. The summed E-state index contributed by atoms with van der Waals surface area (Å²) in [5.41, 5.74) is 1.44. The fraction of sp³-hybridized carbons (Fsp3) is 0.762. The first-order chi connectivity index (χ1) is 11.9. The summed E-state index contributed by atoms with van der Waals surface area (Å²) in [6.07, 6.45) is 7.44. The van der Waals surface area contributed by atoms with Crippen LogP contribution in [0.1, 0.15) is 72.6 Å². The summed E-state index contributed by atoms with van der Waals surface area (Å²) in [7, 11) is 1.38. The third-order valence-corrected chi connectivity index (χ3v) is 19.4. The summed E-state index contributed by atoms with van der Waals surface area (Å²) in [6, 6.07) is 0. The van der Waals surface area contributed by atoms with Gasteiger partial charge in [0.15, 0.2) is 0 Å². The van der Waals surface area contributed by atoms with E-state index in [2.05, 4.69) is 31.4 Å². The molecule has 0 aromatic rings. The first-order valence-corrected chi connectivity index (χ1v) is 17.7. The molecule has 0 amide bonds. The van der Waals surface area contributed by atoms with E-state index in [1.807, 2.05) is 6.92 Å². The third-order valence-electron chi connectivity index (χ3n) is 5.00. The van der Waals surface area contributed by atoms with E-state index in [9.17, 15) is 9.90 Å². The van der Waals surface area contributed by atoms with Gasteiger partial charge in [-0.05, 0) is 0 Å². The van der Waals surface area contributed by atoms with E-state index in [4.69, 9.17) is 4.74 Å². The fourth-order valence-electron chi connectivity index (χ4n) is 3.35. The van der Waals surface area contributed by atoms with E-state index in [0.29, 0.717) is 12.0 Å². The van der Waals surface area contributed by atoms with Crippen molar-refractivity contribution in [3.8, 4) is 0 Å². The molecule has 1 atom stereocenters. The maximum absolute atomic E-state index is 11.7. The molecule has 25 heavy (non-hydrogen) atoms. The average Bonchev–Trinajstić information content (AvgIpc) is 2.61.